The highest BCUT2D eigenvalue weighted by Crippen LogP contribution is 2.48. The van der Waals surface area contributed by atoms with Crippen molar-refractivity contribution in [1.29, 1.82) is 0 Å². The Morgan fingerprint density at radius 2 is 2.00 bits per heavy atom. The van der Waals surface area contributed by atoms with Crippen LogP contribution in [-0.2, 0) is 9.19 Å². The maximum atomic E-state index is 12.8. The van der Waals surface area contributed by atoms with E-state index in [0.717, 1.165) is 11.3 Å². The van der Waals surface area contributed by atoms with Gasteiger partial charge in [-0.25, -0.2) is 4.57 Å². The number of ether oxygens (including phenoxy) is 1. The first-order valence-corrected chi connectivity index (χ1v) is 9.14. The Morgan fingerprint density at radius 3 is 2.54 bits per heavy atom. The van der Waals surface area contributed by atoms with Crippen molar-refractivity contribution in [2.75, 3.05) is 18.9 Å². The smallest absolute Gasteiger partial charge is 0.401 e. The van der Waals surface area contributed by atoms with Gasteiger partial charge in [-0.15, -0.1) is 0 Å². The third-order valence-corrected chi connectivity index (χ3v) is 5.13. The molecule has 0 fully saturated rings. The Bertz CT molecular complexity index is 755. The van der Waals surface area contributed by atoms with Crippen molar-refractivity contribution < 1.29 is 23.6 Å². The van der Waals surface area contributed by atoms with Gasteiger partial charge in [0.25, 0.3) is 0 Å². The van der Waals surface area contributed by atoms with Gasteiger partial charge < -0.3 is 14.4 Å². The molecule has 1 heterocycles. The highest BCUT2D eigenvalue weighted by Gasteiger charge is 2.26. The van der Waals surface area contributed by atoms with Crippen LogP contribution in [0.15, 0.2) is 18.3 Å². The van der Waals surface area contributed by atoms with Crippen molar-refractivity contribution in [1.82, 2.24) is 9.89 Å². The number of aromatic hydroxyl groups is 1. The second-order valence-electron chi connectivity index (χ2n) is 5.33. The van der Waals surface area contributed by atoms with E-state index in [0.29, 0.717) is 5.56 Å². The van der Waals surface area contributed by atoms with Crippen LogP contribution in [-0.4, -0.2) is 28.3 Å². The van der Waals surface area contributed by atoms with Crippen molar-refractivity contribution in [3.63, 3.8) is 0 Å². The van der Waals surface area contributed by atoms with Gasteiger partial charge in [-0.2, -0.15) is 20.1 Å². The average Bonchev–Trinajstić information content (AvgIpc) is 2.87. The Hall–Kier alpha value is -2.18. The van der Waals surface area contributed by atoms with Crippen molar-refractivity contribution in [2.24, 2.45) is 0 Å². The topological polar surface area (TPSA) is 94.8 Å². The molecule has 2 N–H and O–H groups in total. The summed E-state index contributed by atoms with van der Waals surface area (Å²) in [7, 11) is -2.04. The summed E-state index contributed by atoms with van der Waals surface area (Å²) in [6, 6.07) is 3.02. The summed E-state index contributed by atoms with van der Waals surface area (Å²) in [6.45, 7) is 7.14. The number of phenolic OH excluding ortho intramolecular Hbond substituents is 1. The van der Waals surface area contributed by atoms with E-state index in [4.69, 9.17) is 13.9 Å². The highest BCUT2D eigenvalue weighted by atomic mass is 31.2. The average molecular weight is 355 g/mol. The largest absolute Gasteiger partial charge is 0.504 e. The molecule has 0 aliphatic rings. The molecule has 0 spiro atoms. The van der Waals surface area contributed by atoms with E-state index in [9.17, 15) is 9.67 Å². The highest BCUT2D eigenvalue weighted by molar-refractivity contribution is 7.54. The third-order valence-electron chi connectivity index (χ3n) is 3.51. The van der Waals surface area contributed by atoms with Crippen LogP contribution in [0.3, 0.4) is 0 Å². The molecule has 0 saturated carbocycles. The standard InChI is InChI=1S/C15H22N3O5P/c1-6-24(20,23-17-18-9-11(3)12(4)16-18)22-13-7-10(2)15(19)14(8-13)21-5/h7-9,17,19H,6H2,1-5H3. The normalized spacial score (nSPS) is 13.4. The molecule has 24 heavy (non-hydrogen) atoms. The molecule has 0 aliphatic carbocycles. The van der Waals surface area contributed by atoms with Gasteiger partial charge in [0.1, 0.15) is 5.75 Å². The first-order valence-electron chi connectivity index (χ1n) is 7.41. The van der Waals surface area contributed by atoms with Gasteiger partial charge in [-0.1, -0.05) is 6.92 Å². The zero-order chi connectivity index (χ0) is 17.9. The molecule has 1 unspecified atom stereocenters. The van der Waals surface area contributed by atoms with E-state index in [1.807, 2.05) is 13.8 Å². The van der Waals surface area contributed by atoms with Crippen LogP contribution in [0, 0.1) is 20.8 Å². The number of hydrogen-bond donors (Lipinski definition) is 2. The van der Waals surface area contributed by atoms with Gasteiger partial charge in [-0.3, -0.25) is 0 Å². The molecule has 0 bridgehead atoms. The number of phenols is 1. The molecule has 2 aromatic rings. The number of nitrogens with one attached hydrogen (secondary N) is 1. The van der Waals surface area contributed by atoms with Gasteiger partial charge >= 0.3 is 7.60 Å². The second-order valence-corrected chi connectivity index (χ2v) is 7.55. The fraction of sp³-hybridized carbons (Fsp3) is 0.400. The van der Waals surface area contributed by atoms with Crippen LogP contribution in [0.1, 0.15) is 23.7 Å². The number of nitrogens with zero attached hydrogens (tertiary/aromatic N) is 2. The Balaban J connectivity index is 2.15. The van der Waals surface area contributed by atoms with Crippen molar-refractivity contribution in [2.45, 2.75) is 27.7 Å². The van der Waals surface area contributed by atoms with Gasteiger partial charge in [0.2, 0.25) is 0 Å². The predicted octanol–water partition coefficient (Wildman–Crippen LogP) is 3.29. The second kappa shape index (κ2) is 7.15. The van der Waals surface area contributed by atoms with Crippen molar-refractivity contribution >= 4 is 7.60 Å². The molecule has 1 atom stereocenters. The number of aryl methyl sites for hydroxylation is 3. The maximum absolute atomic E-state index is 12.8. The molecule has 0 amide bonds. The number of aromatic nitrogens is 2. The van der Waals surface area contributed by atoms with E-state index in [1.165, 1.54) is 18.0 Å². The van der Waals surface area contributed by atoms with Crippen LogP contribution in [0.5, 0.6) is 17.2 Å². The summed E-state index contributed by atoms with van der Waals surface area (Å²) >= 11 is 0. The third kappa shape index (κ3) is 4.01. The van der Waals surface area contributed by atoms with E-state index >= 15 is 0 Å². The lowest BCUT2D eigenvalue weighted by atomic mass is 10.2. The van der Waals surface area contributed by atoms with Gasteiger partial charge in [0.15, 0.2) is 11.5 Å². The molecule has 8 nitrogen and oxygen atoms in total. The maximum Gasteiger partial charge on any atom is 0.401 e. The molecule has 0 radical (unpaired) electrons. The molecular formula is C15H22N3O5P. The van der Waals surface area contributed by atoms with E-state index in [-0.39, 0.29) is 23.4 Å². The fourth-order valence-corrected chi connectivity index (χ4v) is 2.86. The number of benzene rings is 1. The molecular weight excluding hydrogens is 333 g/mol. The summed E-state index contributed by atoms with van der Waals surface area (Å²) in [4.78, 5) is 1.33. The minimum atomic E-state index is -3.47. The molecule has 1 aromatic carbocycles. The van der Waals surface area contributed by atoms with E-state index < -0.39 is 7.60 Å². The van der Waals surface area contributed by atoms with E-state index in [2.05, 4.69) is 10.7 Å². The summed E-state index contributed by atoms with van der Waals surface area (Å²) < 4.78 is 28.6. The summed E-state index contributed by atoms with van der Waals surface area (Å²) in [6.07, 6.45) is 1.85. The van der Waals surface area contributed by atoms with Crippen LogP contribution in [0.4, 0.5) is 0 Å². The lowest BCUT2D eigenvalue weighted by Crippen LogP contribution is -2.17. The SMILES string of the molecule is CCP(=O)(ONn1cc(C)c(C)n1)Oc1cc(C)c(O)c(OC)c1. The minimum Gasteiger partial charge on any atom is -0.504 e. The van der Waals surface area contributed by atoms with Crippen molar-refractivity contribution in [3.8, 4) is 17.2 Å². The Morgan fingerprint density at radius 1 is 1.29 bits per heavy atom. The van der Waals surface area contributed by atoms with Crippen LogP contribution in [0.25, 0.3) is 0 Å². The molecule has 1 aromatic heterocycles. The zero-order valence-electron chi connectivity index (χ0n) is 14.4. The minimum absolute atomic E-state index is 0.0118. The fourth-order valence-electron chi connectivity index (χ4n) is 1.93. The van der Waals surface area contributed by atoms with Gasteiger partial charge in [0.05, 0.1) is 25.2 Å². The van der Waals surface area contributed by atoms with Crippen LogP contribution >= 0.6 is 7.60 Å². The van der Waals surface area contributed by atoms with Gasteiger partial charge in [0, 0.05) is 6.07 Å². The molecule has 0 saturated heterocycles. The predicted molar refractivity (Wildman–Crippen MR) is 90.3 cm³/mol. The lowest BCUT2D eigenvalue weighted by molar-refractivity contribution is 0.271. The molecule has 2 rings (SSSR count). The quantitative estimate of drug-likeness (QED) is 0.581. The first-order chi connectivity index (χ1) is 11.3. The number of rotatable bonds is 7. The Kier molecular flexibility index (Phi) is 5.41. The number of hydrogen-bond acceptors (Lipinski definition) is 7. The summed E-state index contributed by atoms with van der Waals surface area (Å²) in [5.74, 6) is 0.526. The van der Waals surface area contributed by atoms with E-state index in [1.54, 1.807) is 26.1 Å². The monoisotopic (exact) mass is 355 g/mol. The molecule has 132 valence electrons. The Labute approximate surface area is 140 Å². The van der Waals surface area contributed by atoms with Crippen molar-refractivity contribution in [3.05, 3.63) is 35.2 Å². The lowest BCUT2D eigenvalue weighted by Gasteiger charge is -2.19. The summed E-state index contributed by atoms with van der Waals surface area (Å²) in [5, 5.41) is 14.0. The zero-order valence-corrected chi connectivity index (χ0v) is 15.3. The van der Waals surface area contributed by atoms with Gasteiger partial charge in [-0.05, 0) is 38.0 Å². The van der Waals surface area contributed by atoms with Crippen LogP contribution < -0.4 is 14.8 Å². The molecule has 9 heteroatoms. The van der Waals surface area contributed by atoms with Crippen LogP contribution in [0.2, 0.25) is 0 Å². The number of methoxy groups -OCH3 is 1. The first kappa shape index (κ1) is 18.2. The molecule has 0 aliphatic heterocycles. The summed E-state index contributed by atoms with van der Waals surface area (Å²) in [5.41, 5.74) is 4.85.